The molecule has 1 aromatic heterocycles. The highest BCUT2D eigenvalue weighted by Crippen LogP contribution is 2.17. The van der Waals surface area contributed by atoms with Crippen LogP contribution in [0.1, 0.15) is 22.5 Å². The predicted molar refractivity (Wildman–Crippen MR) is 63.9 cm³/mol. The topological polar surface area (TPSA) is 37.9 Å². The predicted octanol–water partition coefficient (Wildman–Crippen LogP) is 2.63. The smallest absolute Gasteiger partial charge is 0.118 e. The van der Waals surface area contributed by atoms with Crippen molar-refractivity contribution in [3.63, 3.8) is 0 Å². The molecule has 0 aliphatic heterocycles. The van der Waals surface area contributed by atoms with Gasteiger partial charge in [-0.2, -0.15) is 5.10 Å². The van der Waals surface area contributed by atoms with Crippen LogP contribution < -0.4 is 4.74 Å². The molecule has 3 nitrogen and oxygen atoms in total. The number of benzene rings is 1. The summed E-state index contributed by atoms with van der Waals surface area (Å²) in [7, 11) is 1.68. The first-order valence-electron chi connectivity index (χ1n) is 5.34. The zero-order valence-corrected chi connectivity index (χ0v) is 9.87. The van der Waals surface area contributed by atoms with Crippen LogP contribution in [0.4, 0.5) is 0 Å². The molecule has 1 aromatic carbocycles. The molecule has 3 heteroatoms. The number of aromatic nitrogens is 2. The van der Waals surface area contributed by atoms with Gasteiger partial charge in [-0.05, 0) is 31.5 Å². The normalized spacial score (nSPS) is 10.4. The number of aromatic amines is 1. The SMILES string of the molecule is COc1ccc(Cc2c(C)n[nH]c2C)cc1. The largest absolute Gasteiger partial charge is 0.497 e. The van der Waals surface area contributed by atoms with Gasteiger partial charge in [0.2, 0.25) is 0 Å². The van der Waals surface area contributed by atoms with Gasteiger partial charge in [0, 0.05) is 17.7 Å². The Labute approximate surface area is 95.5 Å². The Kier molecular flexibility index (Phi) is 2.95. The molecule has 2 rings (SSSR count). The van der Waals surface area contributed by atoms with Gasteiger partial charge < -0.3 is 4.74 Å². The zero-order valence-electron chi connectivity index (χ0n) is 9.87. The van der Waals surface area contributed by atoms with E-state index in [1.54, 1.807) is 7.11 Å². The fourth-order valence-corrected chi connectivity index (χ4v) is 1.78. The van der Waals surface area contributed by atoms with Crippen LogP contribution in [0.3, 0.4) is 0 Å². The lowest BCUT2D eigenvalue weighted by Gasteiger charge is -2.03. The molecule has 0 atom stereocenters. The third-order valence-corrected chi connectivity index (χ3v) is 2.82. The molecule has 0 bridgehead atoms. The van der Waals surface area contributed by atoms with Crippen molar-refractivity contribution in [3.05, 3.63) is 46.8 Å². The van der Waals surface area contributed by atoms with E-state index in [2.05, 4.69) is 29.3 Å². The number of rotatable bonds is 3. The molecule has 16 heavy (non-hydrogen) atoms. The van der Waals surface area contributed by atoms with Crippen molar-refractivity contribution in [3.8, 4) is 5.75 Å². The Hall–Kier alpha value is -1.77. The Morgan fingerprint density at radius 2 is 1.88 bits per heavy atom. The highest BCUT2D eigenvalue weighted by atomic mass is 16.5. The van der Waals surface area contributed by atoms with Crippen LogP contribution in [0.15, 0.2) is 24.3 Å². The van der Waals surface area contributed by atoms with E-state index in [-0.39, 0.29) is 0 Å². The first kappa shape index (κ1) is 10.7. The molecule has 2 aromatic rings. The summed E-state index contributed by atoms with van der Waals surface area (Å²) >= 11 is 0. The summed E-state index contributed by atoms with van der Waals surface area (Å²) in [6.07, 6.45) is 0.915. The molecule has 1 N–H and O–H groups in total. The Balaban J connectivity index is 2.20. The van der Waals surface area contributed by atoms with Crippen LogP contribution in [0.2, 0.25) is 0 Å². The minimum absolute atomic E-state index is 0.893. The van der Waals surface area contributed by atoms with Crippen LogP contribution >= 0.6 is 0 Å². The number of aryl methyl sites for hydroxylation is 2. The van der Waals surface area contributed by atoms with Gasteiger partial charge in [0.1, 0.15) is 5.75 Å². The summed E-state index contributed by atoms with van der Waals surface area (Å²) < 4.78 is 5.13. The third-order valence-electron chi connectivity index (χ3n) is 2.82. The number of hydrogen-bond donors (Lipinski definition) is 1. The van der Waals surface area contributed by atoms with Crippen LogP contribution in [0, 0.1) is 13.8 Å². The first-order chi connectivity index (χ1) is 7.70. The van der Waals surface area contributed by atoms with Crippen molar-refractivity contribution in [1.29, 1.82) is 0 Å². The lowest BCUT2D eigenvalue weighted by molar-refractivity contribution is 0.414. The summed E-state index contributed by atoms with van der Waals surface area (Å²) in [5.74, 6) is 0.893. The molecule has 84 valence electrons. The van der Waals surface area contributed by atoms with E-state index in [9.17, 15) is 0 Å². The molecule has 0 aliphatic carbocycles. The fraction of sp³-hybridized carbons (Fsp3) is 0.308. The average Bonchev–Trinajstić information content (AvgIpc) is 2.62. The summed E-state index contributed by atoms with van der Waals surface area (Å²) in [6.45, 7) is 4.08. The second kappa shape index (κ2) is 4.39. The Morgan fingerprint density at radius 1 is 1.19 bits per heavy atom. The molecule has 1 heterocycles. The standard InChI is InChI=1S/C13H16N2O/c1-9-13(10(2)15-14-9)8-11-4-6-12(16-3)7-5-11/h4-7H,8H2,1-3H3,(H,14,15). The molecule has 0 fully saturated rings. The number of ether oxygens (including phenoxy) is 1. The fourth-order valence-electron chi connectivity index (χ4n) is 1.78. The molecule has 0 amide bonds. The second-order valence-electron chi connectivity index (χ2n) is 3.94. The highest BCUT2D eigenvalue weighted by molar-refractivity contribution is 5.34. The summed E-state index contributed by atoms with van der Waals surface area (Å²) in [5.41, 5.74) is 4.78. The maximum atomic E-state index is 5.13. The average molecular weight is 216 g/mol. The van der Waals surface area contributed by atoms with E-state index in [0.717, 1.165) is 23.6 Å². The van der Waals surface area contributed by atoms with Gasteiger partial charge >= 0.3 is 0 Å². The summed E-state index contributed by atoms with van der Waals surface area (Å²) in [4.78, 5) is 0. The van der Waals surface area contributed by atoms with Crippen molar-refractivity contribution < 1.29 is 4.74 Å². The first-order valence-corrected chi connectivity index (χ1v) is 5.34. The van der Waals surface area contributed by atoms with Gasteiger partial charge in [0.25, 0.3) is 0 Å². The Bertz CT molecular complexity index is 452. The molecular formula is C13H16N2O. The van der Waals surface area contributed by atoms with E-state index >= 15 is 0 Å². The van der Waals surface area contributed by atoms with Gasteiger partial charge in [-0.3, -0.25) is 5.10 Å². The van der Waals surface area contributed by atoms with Gasteiger partial charge in [-0.1, -0.05) is 12.1 Å². The molecular weight excluding hydrogens is 200 g/mol. The minimum atomic E-state index is 0.893. The van der Waals surface area contributed by atoms with E-state index in [1.165, 1.54) is 11.1 Å². The molecule has 0 aliphatic rings. The summed E-state index contributed by atoms with van der Waals surface area (Å²) in [6, 6.07) is 8.15. The summed E-state index contributed by atoms with van der Waals surface area (Å²) in [5, 5.41) is 7.20. The molecule has 0 spiro atoms. The van der Waals surface area contributed by atoms with Gasteiger partial charge in [-0.25, -0.2) is 0 Å². The van der Waals surface area contributed by atoms with Crippen molar-refractivity contribution in [2.24, 2.45) is 0 Å². The van der Waals surface area contributed by atoms with E-state index in [0.29, 0.717) is 0 Å². The minimum Gasteiger partial charge on any atom is -0.497 e. The number of nitrogens with zero attached hydrogens (tertiary/aromatic N) is 1. The quantitative estimate of drug-likeness (QED) is 0.856. The zero-order chi connectivity index (χ0) is 11.5. The third kappa shape index (κ3) is 2.08. The van der Waals surface area contributed by atoms with Crippen molar-refractivity contribution >= 4 is 0 Å². The molecule has 0 saturated carbocycles. The monoisotopic (exact) mass is 216 g/mol. The molecule has 0 unspecified atom stereocenters. The van der Waals surface area contributed by atoms with E-state index < -0.39 is 0 Å². The van der Waals surface area contributed by atoms with E-state index in [1.807, 2.05) is 19.1 Å². The number of nitrogens with one attached hydrogen (secondary N) is 1. The van der Waals surface area contributed by atoms with Gasteiger partial charge in [0.05, 0.1) is 12.8 Å². The lowest BCUT2D eigenvalue weighted by Crippen LogP contribution is -1.92. The Morgan fingerprint density at radius 3 is 2.38 bits per heavy atom. The molecule has 0 radical (unpaired) electrons. The number of hydrogen-bond acceptors (Lipinski definition) is 2. The van der Waals surface area contributed by atoms with Crippen molar-refractivity contribution in [2.45, 2.75) is 20.3 Å². The molecule has 0 saturated heterocycles. The maximum absolute atomic E-state index is 5.13. The lowest BCUT2D eigenvalue weighted by atomic mass is 10.0. The van der Waals surface area contributed by atoms with Crippen molar-refractivity contribution in [2.75, 3.05) is 7.11 Å². The maximum Gasteiger partial charge on any atom is 0.118 e. The van der Waals surface area contributed by atoms with Crippen LogP contribution in [-0.2, 0) is 6.42 Å². The van der Waals surface area contributed by atoms with Gasteiger partial charge in [0.15, 0.2) is 0 Å². The second-order valence-corrected chi connectivity index (χ2v) is 3.94. The van der Waals surface area contributed by atoms with Crippen molar-refractivity contribution in [1.82, 2.24) is 10.2 Å². The van der Waals surface area contributed by atoms with Crippen LogP contribution in [0.5, 0.6) is 5.75 Å². The van der Waals surface area contributed by atoms with Gasteiger partial charge in [-0.15, -0.1) is 0 Å². The van der Waals surface area contributed by atoms with Crippen LogP contribution in [-0.4, -0.2) is 17.3 Å². The number of methoxy groups -OCH3 is 1. The van der Waals surface area contributed by atoms with Crippen LogP contribution in [0.25, 0.3) is 0 Å². The van der Waals surface area contributed by atoms with E-state index in [4.69, 9.17) is 4.74 Å². The highest BCUT2D eigenvalue weighted by Gasteiger charge is 2.06. The number of H-pyrrole nitrogens is 1.